The predicted molar refractivity (Wildman–Crippen MR) is 72.5 cm³/mol. The van der Waals surface area contributed by atoms with Crippen LogP contribution in [0.4, 0.5) is 0 Å². The number of hydrogen-bond donors (Lipinski definition) is 0. The van der Waals surface area contributed by atoms with E-state index in [4.69, 9.17) is 0 Å². The van der Waals surface area contributed by atoms with E-state index in [1.165, 1.54) is 13.2 Å². The Labute approximate surface area is 112 Å². The van der Waals surface area contributed by atoms with Gasteiger partial charge in [0.25, 0.3) is 0 Å². The topological polar surface area (TPSA) is 48.3 Å². The summed E-state index contributed by atoms with van der Waals surface area (Å²) in [6, 6.07) is 7.02. The number of nitrogens with zero attached hydrogens (tertiary/aromatic N) is 1. The zero-order valence-corrected chi connectivity index (χ0v) is 11.4. The van der Waals surface area contributed by atoms with Crippen LogP contribution < -0.4 is 5.43 Å². The lowest BCUT2D eigenvalue weighted by atomic mass is 10.2. The summed E-state index contributed by atoms with van der Waals surface area (Å²) in [6.07, 6.45) is 1.98. The van der Waals surface area contributed by atoms with Crippen molar-refractivity contribution < 1.29 is 9.53 Å². The first-order chi connectivity index (χ1) is 8.61. The van der Waals surface area contributed by atoms with Gasteiger partial charge in [-0.1, -0.05) is 15.9 Å². The molecule has 0 amide bonds. The molecule has 1 heterocycles. The Balaban J connectivity index is 2.43. The molecule has 0 radical (unpaired) electrons. The molecule has 0 N–H and O–H groups in total. The summed E-state index contributed by atoms with van der Waals surface area (Å²) in [5.74, 6) is -0.265. The SMILES string of the molecule is COC(=O)CCn1ccc(=O)c2cc(Br)ccc21. The molecule has 0 aliphatic carbocycles. The quantitative estimate of drug-likeness (QED) is 0.818. The van der Waals surface area contributed by atoms with Crippen molar-refractivity contribution in [3.63, 3.8) is 0 Å². The van der Waals surface area contributed by atoms with Gasteiger partial charge >= 0.3 is 5.97 Å². The second kappa shape index (κ2) is 5.35. The number of esters is 1. The van der Waals surface area contributed by atoms with Crippen LogP contribution in [0.1, 0.15) is 6.42 Å². The normalized spacial score (nSPS) is 10.6. The molecule has 0 aliphatic heterocycles. The highest BCUT2D eigenvalue weighted by Crippen LogP contribution is 2.17. The standard InChI is InChI=1S/C13H12BrNO3/c1-18-13(17)5-7-15-6-4-12(16)10-8-9(14)2-3-11(10)15/h2-4,6,8H,5,7H2,1H3. The van der Waals surface area contributed by atoms with Crippen molar-refractivity contribution in [3.8, 4) is 0 Å². The number of carbonyl (C=O) groups excluding carboxylic acids is 1. The minimum absolute atomic E-state index is 0.0272. The number of pyridine rings is 1. The minimum Gasteiger partial charge on any atom is -0.469 e. The average molecular weight is 310 g/mol. The van der Waals surface area contributed by atoms with E-state index in [0.717, 1.165) is 9.99 Å². The Kier molecular flexibility index (Phi) is 3.81. The van der Waals surface area contributed by atoms with Gasteiger partial charge in [0.2, 0.25) is 0 Å². The van der Waals surface area contributed by atoms with Gasteiger partial charge in [-0.3, -0.25) is 9.59 Å². The predicted octanol–water partition coefficient (Wildman–Crippen LogP) is 2.33. The van der Waals surface area contributed by atoms with E-state index >= 15 is 0 Å². The number of halogens is 1. The van der Waals surface area contributed by atoms with Crippen LogP contribution >= 0.6 is 15.9 Å². The minimum atomic E-state index is -0.265. The number of hydrogen-bond acceptors (Lipinski definition) is 3. The molecule has 0 atom stereocenters. The van der Waals surface area contributed by atoms with E-state index in [2.05, 4.69) is 20.7 Å². The van der Waals surface area contributed by atoms with Gasteiger partial charge in [0.15, 0.2) is 5.43 Å². The summed E-state index contributed by atoms with van der Waals surface area (Å²) < 4.78 is 7.34. The first-order valence-corrected chi connectivity index (χ1v) is 6.26. The number of methoxy groups -OCH3 is 1. The largest absolute Gasteiger partial charge is 0.469 e. The van der Waals surface area contributed by atoms with Gasteiger partial charge in [0, 0.05) is 28.7 Å². The number of rotatable bonds is 3. The fourth-order valence-electron chi connectivity index (χ4n) is 1.79. The van der Waals surface area contributed by atoms with E-state index in [0.29, 0.717) is 11.9 Å². The van der Waals surface area contributed by atoms with Crippen LogP contribution in [-0.2, 0) is 16.1 Å². The maximum Gasteiger partial charge on any atom is 0.307 e. The maximum absolute atomic E-state index is 11.8. The molecule has 0 aliphatic rings. The van der Waals surface area contributed by atoms with Gasteiger partial charge < -0.3 is 9.30 Å². The smallest absolute Gasteiger partial charge is 0.307 e. The van der Waals surface area contributed by atoms with Crippen molar-refractivity contribution in [1.82, 2.24) is 4.57 Å². The van der Waals surface area contributed by atoms with E-state index in [1.54, 1.807) is 12.3 Å². The third kappa shape index (κ3) is 2.61. The van der Waals surface area contributed by atoms with Crippen LogP contribution in [0, 0.1) is 0 Å². The van der Waals surface area contributed by atoms with Gasteiger partial charge in [0.1, 0.15) is 0 Å². The second-order valence-electron chi connectivity index (χ2n) is 3.86. The van der Waals surface area contributed by atoms with E-state index in [9.17, 15) is 9.59 Å². The highest BCUT2D eigenvalue weighted by molar-refractivity contribution is 9.10. The molecule has 0 saturated carbocycles. The van der Waals surface area contributed by atoms with Crippen molar-refractivity contribution in [1.29, 1.82) is 0 Å². The van der Waals surface area contributed by atoms with Crippen molar-refractivity contribution in [3.05, 3.63) is 45.2 Å². The van der Waals surface area contributed by atoms with Crippen molar-refractivity contribution in [2.45, 2.75) is 13.0 Å². The third-order valence-electron chi connectivity index (χ3n) is 2.72. The molecule has 0 spiro atoms. The van der Waals surface area contributed by atoms with Gasteiger partial charge in [-0.2, -0.15) is 0 Å². The molecule has 4 nitrogen and oxygen atoms in total. The third-order valence-corrected chi connectivity index (χ3v) is 3.22. The molecular weight excluding hydrogens is 298 g/mol. The fraction of sp³-hybridized carbons (Fsp3) is 0.231. The Morgan fingerprint density at radius 1 is 1.39 bits per heavy atom. The van der Waals surface area contributed by atoms with E-state index in [-0.39, 0.29) is 17.8 Å². The van der Waals surface area contributed by atoms with Gasteiger partial charge in [-0.15, -0.1) is 0 Å². The Morgan fingerprint density at radius 3 is 2.89 bits per heavy atom. The highest BCUT2D eigenvalue weighted by atomic mass is 79.9. The number of aromatic nitrogens is 1. The molecule has 1 aromatic heterocycles. The molecule has 2 rings (SSSR count). The molecule has 0 saturated heterocycles. The first kappa shape index (κ1) is 12.8. The number of benzene rings is 1. The summed E-state index contributed by atoms with van der Waals surface area (Å²) in [5, 5.41) is 0.636. The van der Waals surface area contributed by atoms with Crippen LogP contribution in [0.25, 0.3) is 10.9 Å². The molecule has 94 valence electrons. The lowest BCUT2D eigenvalue weighted by molar-refractivity contribution is -0.140. The lowest BCUT2D eigenvalue weighted by Crippen LogP contribution is -2.11. The first-order valence-electron chi connectivity index (χ1n) is 5.47. The van der Waals surface area contributed by atoms with Crippen LogP contribution in [0.2, 0.25) is 0 Å². The molecule has 18 heavy (non-hydrogen) atoms. The van der Waals surface area contributed by atoms with Gasteiger partial charge in [0.05, 0.1) is 19.0 Å². The Morgan fingerprint density at radius 2 is 2.17 bits per heavy atom. The van der Waals surface area contributed by atoms with E-state index in [1.807, 2.05) is 16.7 Å². The Hall–Kier alpha value is -1.62. The van der Waals surface area contributed by atoms with Crippen LogP contribution in [0.15, 0.2) is 39.7 Å². The second-order valence-corrected chi connectivity index (χ2v) is 4.78. The number of ether oxygens (including phenoxy) is 1. The van der Waals surface area contributed by atoms with Crippen LogP contribution in [0.3, 0.4) is 0 Å². The molecule has 2 aromatic rings. The summed E-state index contributed by atoms with van der Waals surface area (Å²) in [6.45, 7) is 0.491. The lowest BCUT2D eigenvalue weighted by Gasteiger charge is -2.10. The van der Waals surface area contributed by atoms with Crippen molar-refractivity contribution >= 4 is 32.8 Å². The molecule has 0 bridgehead atoms. The molecule has 0 fully saturated rings. The molecule has 1 aromatic carbocycles. The van der Waals surface area contributed by atoms with Crippen molar-refractivity contribution in [2.75, 3.05) is 7.11 Å². The number of fused-ring (bicyclic) bond motifs is 1. The molecule has 5 heteroatoms. The highest BCUT2D eigenvalue weighted by Gasteiger charge is 2.05. The summed E-state index contributed by atoms with van der Waals surface area (Å²) in [4.78, 5) is 22.9. The maximum atomic E-state index is 11.8. The zero-order valence-electron chi connectivity index (χ0n) is 9.85. The monoisotopic (exact) mass is 309 g/mol. The fourth-order valence-corrected chi connectivity index (χ4v) is 2.15. The Bertz CT molecular complexity index is 648. The van der Waals surface area contributed by atoms with Gasteiger partial charge in [-0.25, -0.2) is 0 Å². The molecular formula is C13H12BrNO3. The zero-order chi connectivity index (χ0) is 13.1. The summed E-state index contributed by atoms with van der Waals surface area (Å²) in [7, 11) is 1.36. The number of carbonyl (C=O) groups is 1. The van der Waals surface area contributed by atoms with Gasteiger partial charge in [-0.05, 0) is 18.2 Å². The number of aryl methyl sites for hydroxylation is 1. The van der Waals surface area contributed by atoms with Crippen molar-refractivity contribution in [2.24, 2.45) is 0 Å². The van der Waals surface area contributed by atoms with E-state index < -0.39 is 0 Å². The summed E-state index contributed by atoms with van der Waals surface area (Å²) >= 11 is 3.34. The summed E-state index contributed by atoms with van der Waals surface area (Å²) in [5.41, 5.74) is 0.787. The van der Waals surface area contributed by atoms with Crippen LogP contribution in [0.5, 0.6) is 0 Å². The average Bonchev–Trinajstić information content (AvgIpc) is 2.38. The van der Waals surface area contributed by atoms with Crippen LogP contribution in [-0.4, -0.2) is 17.6 Å². The molecule has 0 unspecified atom stereocenters.